The van der Waals surface area contributed by atoms with Crippen molar-refractivity contribution < 1.29 is 46.3 Å². The Morgan fingerprint density at radius 1 is 1.20 bits per heavy atom. The van der Waals surface area contributed by atoms with E-state index in [1.165, 1.54) is 25.1 Å². The number of carbonyl (C=O) groups is 5. The minimum Gasteiger partial charge on any atom is -0.436 e. The maximum atomic E-state index is 13.6. The van der Waals surface area contributed by atoms with Crippen LogP contribution in [0.25, 0.3) is 0 Å². The van der Waals surface area contributed by atoms with E-state index in [2.05, 4.69) is 10.6 Å². The molecule has 41 heavy (non-hydrogen) atoms. The van der Waals surface area contributed by atoms with Crippen LogP contribution in [0, 0.1) is 5.82 Å². The summed E-state index contributed by atoms with van der Waals surface area (Å²) in [5, 5.41) is 4.84. The second kappa shape index (κ2) is 11.4. The Morgan fingerprint density at radius 2 is 1.88 bits per heavy atom. The molecule has 0 aromatic heterocycles. The number of Topliss-reactive ketones (excluding diaryl/α,β-unsaturated/α-hetero) is 1. The molecule has 4 rings (SSSR count). The van der Waals surface area contributed by atoms with E-state index in [0.29, 0.717) is 16.0 Å². The summed E-state index contributed by atoms with van der Waals surface area (Å²) in [5.41, 5.74) is -0.173. The zero-order chi connectivity index (χ0) is 30.1. The van der Waals surface area contributed by atoms with E-state index >= 15 is 0 Å². The molecule has 3 aliphatic rings. The van der Waals surface area contributed by atoms with Gasteiger partial charge in [-0.2, -0.15) is 13.2 Å². The first-order valence-electron chi connectivity index (χ1n) is 12.8. The lowest BCUT2D eigenvalue weighted by molar-refractivity contribution is -0.187. The fraction of sp³-hybridized carbons (Fsp3) is 0.444. The van der Waals surface area contributed by atoms with E-state index in [1.807, 2.05) is 0 Å². The van der Waals surface area contributed by atoms with Crippen molar-refractivity contribution in [3.05, 3.63) is 58.9 Å². The van der Waals surface area contributed by atoms with Gasteiger partial charge in [-0.1, -0.05) is 24.3 Å². The zero-order valence-electron chi connectivity index (χ0n) is 22.2. The van der Waals surface area contributed by atoms with E-state index in [1.54, 1.807) is 6.08 Å². The minimum atomic E-state index is -4.75. The summed E-state index contributed by atoms with van der Waals surface area (Å²) in [7, 11) is 0. The first-order chi connectivity index (χ1) is 19.2. The SMILES string of the molecule is CC(=O)NC(=O)CNC1C=CC2=C(CC[C@]23CN(CC(=O)N(Cc2ccc(F)cc2)[C@@H](C)C(F)(F)F)C(=O)O3)C1=O. The lowest BCUT2D eigenvalue weighted by Crippen LogP contribution is -2.50. The van der Waals surface area contributed by atoms with E-state index in [9.17, 15) is 41.5 Å². The van der Waals surface area contributed by atoms with Crippen LogP contribution >= 0.6 is 0 Å². The Labute approximate surface area is 232 Å². The van der Waals surface area contributed by atoms with Gasteiger partial charge >= 0.3 is 12.3 Å². The van der Waals surface area contributed by atoms with Crippen molar-refractivity contribution in [3.63, 3.8) is 0 Å². The summed E-state index contributed by atoms with van der Waals surface area (Å²) >= 11 is 0. The van der Waals surface area contributed by atoms with Crippen LogP contribution in [0.1, 0.15) is 32.3 Å². The molecule has 14 heteroatoms. The number of amides is 4. The van der Waals surface area contributed by atoms with Crippen LogP contribution < -0.4 is 10.6 Å². The molecule has 10 nitrogen and oxygen atoms in total. The number of ether oxygens (including phenoxy) is 1. The van der Waals surface area contributed by atoms with Gasteiger partial charge < -0.3 is 9.64 Å². The second-order valence-electron chi connectivity index (χ2n) is 10.2. The van der Waals surface area contributed by atoms with Crippen LogP contribution in [0.5, 0.6) is 0 Å². The van der Waals surface area contributed by atoms with E-state index in [0.717, 1.165) is 24.0 Å². The summed E-state index contributed by atoms with van der Waals surface area (Å²) in [6, 6.07) is 1.66. The van der Waals surface area contributed by atoms with E-state index in [-0.39, 0.29) is 37.3 Å². The average Bonchev–Trinajstić information content (AvgIpc) is 3.40. The molecule has 0 bridgehead atoms. The molecule has 4 amide bonds. The highest BCUT2D eigenvalue weighted by molar-refractivity contribution is 6.05. The highest BCUT2D eigenvalue weighted by atomic mass is 19.4. The number of carbonyl (C=O) groups excluding carboxylic acids is 5. The van der Waals surface area contributed by atoms with Gasteiger partial charge in [0.15, 0.2) is 11.4 Å². The molecule has 220 valence electrons. The van der Waals surface area contributed by atoms with Crippen LogP contribution in [0.4, 0.5) is 22.4 Å². The monoisotopic (exact) mass is 580 g/mol. The third-order valence-electron chi connectivity index (χ3n) is 7.27. The number of nitrogens with one attached hydrogen (secondary N) is 2. The molecule has 2 N–H and O–H groups in total. The highest BCUT2D eigenvalue weighted by Crippen LogP contribution is 2.45. The molecular formula is C27H28F4N4O6. The van der Waals surface area contributed by atoms with Crippen LogP contribution in [0.15, 0.2) is 47.6 Å². The first-order valence-corrected chi connectivity index (χ1v) is 12.8. The Hall–Kier alpha value is -4.07. The zero-order valence-corrected chi connectivity index (χ0v) is 22.2. The smallest absolute Gasteiger partial charge is 0.411 e. The maximum absolute atomic E-state index is 13.6. The summed E-state index contributed by atoms with van der Waals surface area (Å²) in [5.74, 6) is -3.06. The Balaban J connectivity index is 1.46. The van der Waals surface area contributed by atoms with Crippen molar-refractivity contribution in [1.29, 1.82) is 0 Å². The Bertz CT molecular complexity index is 1330. The summed E-state index contributed by atoms with van der Waals surface area (Å²) < 4.78 is 59.8. The largest absolute Gasteiger partial charge is 0.436 e. The van der Waals surface area contributed by atoms with Gasteiger partial charge in [-0.3, -0.25) is 34.7 Å². The maximum Gasteiger partial charge on any atom is 0.411 e. The predicted molar refractivity (Wildman–Crippen MR) is 134 cm³/mol. The molecular weight excluding hydrogens is 552 g/mol. The molecule has 2 aliphatic carbocycles. The lowest BCUT2D eigenvalue weighted by Gasteiger charge is -2.32. The number of benzene rings is 1. The Kier molecular flexibility index (Phi) is 8.34. The lowest BCUT2D eigenvalue weighted by atomic mass is 9.89. The number of fused-ring (bicyclic) bond motifs is 1. The fourth-order valence-electron chi connectivity index (χ4n) is 5.14. The van der Waals surface area contributed by atoms with Gasteiger partial charge in [0.05, 0.1) is 19.1 Å². The molecule has 1 aromatic carbocycles. The normalized spacial score (nSPS) is 22.6. The van der Waals surface area contributed by atoms with Gasteiger partial charge in [0.25, 0.3) is 0 Å². The van der Waals surface area contributed by atoms with Crippen molar-refractivity contribution >= 4 is 29.6 Å². The predicted octanol–water partition coefficient (Wildman–Crippen LogP) is 2.15. The molecule has 1 unspecified atom stereocenters. The molecule has 1 aliphatic heterocycles. The van der Waals surface area contributed by atoms with Crippen molar-refractivity contribution in [2.75, 3.05) is 19.6 Å². The van der Waals surface area contributed by atoms with Crippen molar-refractivity contribution in [3.8, 4) is 0 Å². The standard InChI is InChI=1S/C27H28F4N4O6/c1-15(27(29,30)31)35(12-17-3-5-18(28)6-4-17)23(38)13-34-14-26(41-25(34)40)10-9-19-20(26)7-8-21(24(19)39)32-11-22(37)33-16(2)36/h3-8,15,21,32H,9-14H2,1-2H3,(H,33,36,37)/t15-,21?,26-/m0/s1. The molecule has 1 heterocycles. The number of halogens is 4. The van der Waals surface area contributed by atoms with Gasteiger partial charge in [-0.15, -0.1) is 0 Å². The molecule has 3 atom stereocenters. The van der Waals surface area contributed by atoms with Crippen LogP contribution in [-0.4, -0.2) is 82.9 Å². The quantitative estimate of drug-likeness (QED) is 0.452. The van der Waals surface area contributed by atoms with Crippen molar-refractivity contribution in [2.24, 2.45) is 0 Å². The molecule has 1 spiro atoms. The van der Waals surface area contributed by atoms with E-state index in [4.69, 9.17) is 4.74 Å². The number of ketones is 1. The highest BCUT2D eigenvalue weighted by Gasteiger charge is 2.54. The summed E-state index contributed by atoms with van der Waals surface area (Å²) in [4.78, 5) is 63.3. The van der Waals surface area contributed by atoms with Gasteiger partial charge in [-0.25, -0.2) is 9.18 Å². The third kappa shape index (κ3) is 6.47. The van der Waals surface area contributed by atoms with Gasteiger partial charge in [0.1, 0.15) is 18.4 Å². The molecule has 1 saturated heterocycles. The number of alkyl halides is 3. The number of rotatable bonds is 8. The van der Waals surface area contributed by atoms with Crippen molar-refractivity contribution in [2.45, 2.75) is 57.1 Å². The second-order valence-corrected chi connectivity index (χ2v) is 10.2. The molecule has 1 fully saturated rings. The van der Waals surface area contributed by atoms with Gasteiger partial charge in [0.2, 0.25) is 17.7 Å². The number of hydrogen-bond donors (Lipinski definition) is 2. The topological polar surface area (TPSA) is 125 Å². The number of hydrogen-bond acceptors (Lipinski definition) is 7. The first kappa shape index (κ1) is 29.9. The average molecular weight is 581 g/mol. The van der Waals surface area contributed by atoms with E-state index < -0.39 is 66.6 Å². The van der Waals surface area contributed by atoms with Crippen LogP contribution in [-0.2, 0) is 30.5 Å². The third-order valence-corrected chi connectivity index (χ3v) is 7.27. The van der Waals surface area contributed by atoms with Crippen molar-refractivity contribution in [1.82, 2.24) is 20.4 Å². The molecule has 0 saturated carbocycles. The summed E-state index contributed by atoms with van der Waals surface area (Å²) in [6.07, 6.45) is -2.11. The van der Waals surface area contributed by atoms with Gasteiger partial charge in [0, 0.05) is 24.6 Å². The summed E-state index contributed by atoms with van der Waals surface area (Å²) in [6.45, 7) is 0.406. The van der Waals surface area contributed by atoms with Crippen LogP contribution in [0.2, 0.25) is 0 Å². The van der Waals surface area contributed by atoms with Crippen LogP contribution in [0.3, 0.4) is 0 Å². The van der Waals surface area contributed by atoms with Gasteiger partial charge in [-0.05, 0) is 37.5 Å². The minimum absolute atomic E-state index is 0.155. The fourth-order valence-corrected chi connectivity index (χ4v) is 5.14. The molecule has 1 aromatic rings. The number of nitrogens with zero attached hydrogens (tertiary/aromatic N) is 2. The Morgan fingerprint density at radius 3 is 2.51 bits per heavy atom. The molecule has 0 radical (unpaired) electrons. The number of imide groups is 1.